The second-order valence-electron chi connectivity index (χ2n) is 19.7. The first-order valence-electron chi connectivity index (χ1n) is 22.8. The van der Waals surface area contributed by atoms with E-state index < -0.39 is 64.5 Å². The zero-order valence-electron chi connectivity index (χ0n) is 39.3. The van der Waals surface area contributed by atoms with Crippen molar-refractivity contribution in [2.75, 3.05) is 56.0 Å². The van der Waals surface area contributed by atoms with Crippen LogP contribution in [0.5, 0.6) is 11.5 Å². The largest absolute Gasteiger partial charge is 0.501 e. The van der Waals surface area contributed by atoms with Gasteiger partial charge in [-0.15, -0.1) is 0 Å². The minimum atomic E-state index is -6.15. The van der Waals surface area contributed by atoms with Crippen LogP contribution in [0, 0.1) is 5.41 Å². The van der Waals surface area contributed by atoms with Gasteiger partial charge in [0.25, 0.3) is 25.8 Å². The summed E-state index contributed by atoms with van der Waals surface area (Å²) in [6.45, 7) is 13.3. The summed E-state index contributed by atoms with van der Waals surface area (Å²) in [7, 11) is -11.2. The number of benzene rings is 3. The fraction of sp³-hybridized carbons (Fsp3) is 0.408. The summed E-state index contributed by atoms with van der Waals surface area (Å²) in [6, 6.07) is 17.5. The first-order valence-corrected chi connectivity index (χ1v) is 26.1. The zero-order valence-corrected chi connectivity index (χ0v) is 41.7. The Labute approximate surface area is 410 Å². The average Bonchev–Trinajstić information content (AvgIpc) is 3.96. The maximum absolute atomic E-state index is 14.1. The van der Waals surface area contributed by atoms with E-state index in [1.165, 1.54) is 33.9 Å². The van der Waals surface area contributed by atoms with Crippen LogP contribution in [0.1, 0.15) is 76.2 Å². The molecule has 5 aromatic rings. The number of nitrogens with zero attached hydrogens (tertiary/aromatic N) is 4. The monoisotopic (exact) mass is 1030 g/mol. The third-order valence-electron chi connectivity index (χ3n) is 12.6. The third-order valence-corrected chi connectivity index (χ3v) is 15.7. The number of fused-ring (bicyclic) bond motifs is 1. The van der Waals surface area contributed by atoms with Crippen molar-refractivity contribution in [3.05, 3.63) is 107 Å². The van der Waals surface area contributed by atoms with Gasteiger partial charge in [0.1, 0.15) is 27.6 Å². The lowest BCUT2D eigenvalue weighted by molar-refractivity contribution is -0.0436. The van der Waals surface area contributed by atoms with Gasteiger partial charge in [0, 0.05) is 80.2 Å². The second-order valence-corrected chi connectivity index (χ2v) is 23.7. The van der Waals surface area contributed by atoms with Gasteiger partial charge in [0.15, 0.2) is 0 Å². The van der Waals surface area contributed by atoms with E-state index >= 15 is 0 Å². The molecule has 15 nitrogen and oxygen atoms in total. The molecule has 3 aromatic carbocycles. The van der Waals surface area contributed by atoms with Crippen LogP contribution in [-0.2, 0) is 24.6 Å². The number of hydrogen-bond donors (Lipinski definition) is 3. The number of hydrogen-bond acceptors (Lipinski definition) is 12. The molecular formula is C49H55ClF3N7O8S2. The SMILES string of the molecule is CC1(C)CCC(CN2CCN(c3ccc(C(=O)NS(=O)(=O)c4ccc(NC5CCN(C(=O)OC(C)(C)C)C5)c(S(=O)(=O)C(F)(F)F)c4)c(Oc4cnc5[nH]ccc5c4)c3)CC2)=C(c2ccc(Cl)cc2)C1. The third kappa shape index (κ3) is 11.5. The highest BCUT2D eigenvalue weighted by molar-refractivity contribution is 7.92. The highest BCUT2D eigenvalue weighted by atomic mass is 35.5. The summed E-state index contributed by atoms with van der Waals surface area (Å²) in [4.78, 5) is 37.6. The Morgan fingerprint density at radius 1 is 0.929 bits per heavy atom. The summed E-state index contributed by atoms with van der Waals surface area (Å²) in [6.07, 6.45) is 5.72. The number of aromatic amines is 1. The van der Waals surface area contributed by atoms with Crippen molar-refractivity contribution in [3.8, 4) is 11.5 Å². The van der Waals surface area contributed by atoms with Crippen LogP contribution < -0.4 is 19.7 Å². The fourth-order valence-corrected chi connectivity index (χ4v) is 11.1. The van der Waals surface area contributed by atoms with Gasteiger partial charge in [-0.2, -0.15) is 13.2 Å². The predicted octanol–water partition coefficient (Wildman–Crippen LogP) is 9.63. The average molecular weight is 1030 g/mol. The van der Waals surface area contributed by atoms with Crippen molar-refractivity contribution in [2.45, 2.75) is 87.2 Å². The lowest BCUT2D eigenvalue weighted by Gasteiger charge is -2.39. The van der Waals surface area contributed by atoms with E-state index in [1.807, 2.05) is 16.9 Å². The lowest BCUT2D eigenvalue weighted by Crippen LogP contribution is -2.47. The van der Waals surface area contributed by atoms with Crippen LogP contribution >= 0.6 is 11.6 Å². The van der Waals surface area contributed by atoms with Crippen molar-refractivity contribution in [3.63, 3.8) is 0 Å². The van der Waals surface area contributed by atoms with Gasteiger partial charge in [-0.25, -0.2) is 31.3 Å². The minimum Gasteiger partial charge on any atom is -0.455 e. The number of halogens is 4. The standard InChI is InChI=1S/C49H55ClF3N7O8S2/c1-47(2,3)68-46(62)60-19-16-35(30-60)56-41-13-11-38(26-43(41)69(63,64)49(51,52)53)70(65,66)57-45(61)39-12-10-36(25-42(39)67-37-24-32-15-18-54-44(32)55-28-37)59-22-20-58(21-23-59)29-33-14-17-48(4,5)27-40(33)31-6-8-34(50)9-7-31/h6-13,15,18,24-26,28,35,56H,14,16-17,19-23,27,29-30H2,1-5H3,(H,54,55)(H,57,61). The summed E-state index contributed by atoms with van der Waals surface area (Å²) >= 11 is 6.23. The predicted molar refractivity (Wildman–Crippen MR) is 261 cm³/mol. The van der Waals surface area contributed by atoms with Crippen LogP contribution in [-0.4, -0.2) is 112 Å². The van der Waals surface area contributed by atoms with Crippen molar-refractivity contribution in [1.82, 2.24) is 24.5 Å². The van der Waals surface area contributed by atoms with Crippen LogP contribution in [0.3, 0.4) is 0 Å². The number of rotatable bonds is 12. The number of amides is 2. The Hall–Kier alpha value is -5.83. The molecule has 374 valence electrons. The smallest absolute Gasteiger partial charge is 0.455 e. The molecule has 2 aliphatic heterocycles. The number of nitrogens with one attached hydrogen (secondary N) is 3. The Balaban J connectivity index is 1.03. The molecular weight excluding hydrogens is 971 g/mol. The first-order chi connectivity index (χ1) is 32.8. The van der Waals surface area contributed by atoms with Gasteiger partial charge in [0.2, 0.25) is 0 Å². The normalized spacial score (nSPS) is 18.3. The van der Waals surface area contributed by atoms with Crippen LogP contribution in [0.4, 0.5) is 29.3 Å². The molecule has 2 amide bonds. The summed E-state index contributed by atoms with van der Waals surface area (Å²) in [5, 5.41) is 4.13. The number of pyridine rings is 1. The molecule has 0 bridgehead atoms. The molecule has 1 aliphatic carbocycles. The number of carbonyl (C=O) groups is 2. The fourth-order valence-electron chi connectivity index (χ4n) is 8.94. The quantitative estimate of drug-likeness (QED) is 0.108. The van der Waals surface area contributed by atoms with Crippen molar-refractivity contribution in [2.24, 2.45) is 5.41 Å². The van der Waals surface area contributed by atoms with Gasteiger partial charge in [-0.05, 0) is 118 Å². The van der Waals surface area contributed by atoms with Gasteiger partial charge in [-0.1, -0.05) is 43.2 Å². The number of alkyl halides is 3. The van der Waals surface area contributed by atoms with Crippen molar-refractivity contribution >= 4 is 71.4 Å². The lowest BCUT2D eigenvalue weighted by atomic mass is 9.72. The molecule has 0 spiro atoms. The number of anilines is 2. The number of likely N-dealkylation sites (tertiary alicyclic amines) is 1. The maximum atomic E-state index is 14.1. The molecule has 3 N–H and O–H groups in total. The molecule has 21 heteroatoms. The van der Waals surface area contributed by atoms with E-state index in [0.29, 0.717) is 40.9 Å². The van der Waals surface area contributed by atoms with Gasteiger partial charge < -0.3 is 29.6 Å². The number of sulfonamides is 1. The van der Waals surface area contributed by atoms with Crippen LogP contribution in [0.2, 0.25) is 5.02 Å². The number of allylic oxidation sites excluding steroid dienone is 1. The molecule has 2 aromatic heterocycles. The number of sulfone groups is 1. The first kappa shape index (κ1) is 50.6. The second kappa shape index (κ2) is 19.4. The Morgan fingerprint density at radius 2 is 1.66 bits per heavy atom. The van der Waals surface area contributed by atoms with Gasteiger partial charge >= 0.3 is 11.6 Å². The van der Waals surface area contributed by atoms with E-state index in [1.54, 1.807) is 51.2 Å². The zero-order chi connectivity index (χ0) is 50.4. The topological polar surface area (TPSA) is 183 Å². The Bertz CT molecular complexity index is 3060. The Morgan fingerprint density at radius 3 is 2.36 bits per heavy atom. The van der Waals surface area contributed by atoms with E-state index in [0.717, 1.165) is 51.0 Å². The minimum absolute atomic E-state index is 0.0329. The Kier molecular flexibility index (Phi) is 14.0. The van der Waals surface area contributed by atoms with Crippen LogP contribution in [0.25, 0.3) is 16.6 Å². The number of aromatic nitrogens is 2. The molecule has 3 aliphatic rings. The van der Waals surface area contributed by atoms with E-state index in [2.05, 4.69) is 51.1 Å². The van der Waals surface area contributed by atoms with E-state index in [-0.39, 0.29) is 42.0 Å². The number of piperazine rings is 1. The molecule has 2 saturated heterocycles. The van der Waals surface area contributed by atoms with Crippen molar-refractivity contribution in [1.29, 1.82) is 0 Å². The van der Waals surface area contributed by atoms with Gasteiger partial charge in [0.05, 0.1) is 22.3 Å². The highest BCUT2D eigenvalue weighted by Crippen LogP contribution is 2.44. The molecule has 70 heavy (non-hydrogen) atoms. The van der Waals surface area contributed by atoms with Crippen LogP contribution in [0.15, 0.2) is 101 Å². The summed E-state index contributed by atoms with van der Waals surface area (Å²) in [5.74, 6) is -1.00. The summed E-state index contributed by atoms with van der Waals surface area (Å²) in [5.41, 5.74) is -2.03. The molecule has 8 rings (SSSR count). The van der Waals surface area contributed by atoms with Gasteiger partial charge in [-0.3, -0.25) is 9.69 Å². The molecule has 1 unspecified atom stereocenters. The molecule has 0 radical (unpaired) electrons. The highest BCUT2D eigenvalue weighted by Gasteiger charge is 2.49. The molecule has 4 heterocycles. The van der Waals surface area contributed by atoms with Crippen molar-refractivity contribution < 1.29 is 49.1 Å². The molecule has 0 saturated carbocycles. The van der Waals surface area contributed by atoms with E-state index in [9.17, 15) is 39.6 Å². The number of carbonyl (C=O) groups excluding carboxylic acids is 2. The molecule has 1 atom stereocenters. The summed E-state index contributed by atoms with van der Waals surface area (Å²) < 4.78 is 110. The molecule has 2 fully saturated rings. The number of H-pyrrole nitrogens is 1. The maximum Gasteiger partial charge on any atom is 0.501 e. The number of ether oxygens (including phenoxy) is 2. The van der Waals surface area contributed by atoms with E-state index in [4.69, 9.17) is 21.1 Å².